The molecule has 1 aliphatic heterocycles. The fourth-order valence-corrected chi connectivity index (χ4v) is 3.60. The smallest absolute Gasteiger partial charge is 0.337 e. The van der Waals surface area contributed by atoms with Crippen molar-refractivity contribution < 1.29 is 32.3 Å². The highest BCUT2D eigenvalue weighted by Crippen LogP contribution is 2.12. The predicted octanol–water partition coefficient (Wildman–Crippen LogP) is 0.335. The molecule has 1 aromatic rings. The number of carbonyl (C=O) groups excluding carboxylic acids is 3. The molecule has 0 aromatic heterocycles. The maximum Gasteiger partial charge on any atom is 0.337 e. The number of ether oxygens (including phenoxy) is 2. The minimum atomic E-state index is -3.92. The number of hydrogen-bond acceptors (Lipinski definition) is 7. The zero-order valence-electron chi connectivity index (χ0n) is 16.3. The van der Waals surface area contributed by atoms with Gasteiger partial charge in [0, 0.05) is 0 Å². The van der Waals surface area contributed by atoms with Crippen LogP contribution in [0.5, 0.6) is 0 Å². The maximum absolute atomic E-state index is 12.4. The normalized spacial score (nSPS) is 15.2. The van der Waals surface area contributed by atoms with Crippen molar-refractivity contribution in [3.05, 3.63) is 41.1 Å². The summed E-state index contributed by atoms with van der Waals surface area (Å²) < 4.78 is 36.9. The summed E-state index contributed by atoms with van der Waals surface area (Å²) in [6.45, 7) is 4.43. The third kappa shape index (κ3) is 6.03. The monoisotopic (exact) mass is 425 g/mol. The molecule has 29 heavy (non-hydrogen) atoms. The second-order valence-corrected chi connectivity index (χ2v) is 7.96. The van der Waals surface area contributed by atoms with Crippen LogP contribution in [-0.4, -0.2) is 52.2 Å². The molecule has 0 unspecified atom stereocenters. The Labute approximate surface area is 168 Å². The van der Waals surface area contributed by atoms with Crippen LogP contribution in [-0.2, 0) is 29.1 Å². The Morgan fingerprint density at radius 2 is 1.86 bits per heavy atom. The minimum absolute atomic E-state index is 0.0145. The number of rotatable bonds is 8. The lowest BCUT2D eigenvalue weighted by Crippen LogP contribution is -2.46. The zero-order chi connectivity index (χ0) is 21.6. The second-order valence-electron chi connectivity index (χ2n) is 6.25. The van der Waals surface area contributed by atoms with Gasteiger partial charge in [-0.2, -0.15) is 4.72 Å². The van der Waals surface area contributed by atoms with Gasteiger partial charge in [-0.25, -0.2) is 18.0 Å². The van der Waals surface area contributed by atoms with Crippen molar-refractivity contribution >= 4 is 28.0 Å². The molecule has 1 atom stereocenters. The summed E-state index contributed by atoms with van der Waals surface area (Å²) in [5.41, 5.74) is 1.09. The number of amides is 2. The molecule has 0 radical (unpaired) electrons. The van der Waals surface area contributed by atoms with E-state index in [0.717, 1.165) is 5.56 Å². The number of carbonyl (C=O) groups is 3. The highest BCUT2D eigenvalue weighted by Gasteiger charge is 2.27. The molecule has 0 saturated carbocycles. The van der Waals surface area contributed by atoms with Crippen LogP contribution < -0.4 is 15.4 Å². The molecule has 2 rings (SSSR count). The number of aryl methyl sites for hydroxylation is 1. The Morgan fingerprint density at radius 1 is 1.21 bits per heavy atom. The van der Waals surface area contributed by atoms with Gasteiger partial charge in [-0.3, -0.25) is 4.79 Å². The molecule has 3 N–H and O–H groups in total. The number of benzene rings is 1. The molecule has 0 spiro atoms. The largest absolute Gasteiger partial charge is 0.463 e. The predicted molar refractivity (Wildman–Crippen MR) is 102 cm³/mol. The van der Waals surface area contributed by atoms with E-state index in [1.165, 1.54) is 19.1 Å². The lowest BCUT2D eigenvalue weighted by Gasteiger charge is -2.21. The lowest BCUT2D eigenvalue weighted by atomic mass is 10.1. The quantitative estimate of drug-likeness (QED) is 0.510. The van der Waals surface area contributed by atoms with Crippen LogP contribution >= 0.6 is 0 Å². The first-order valence-corrected chi connectivity index (χ1v) is 10.3. The first-order chi connectivity index (χ1) is 13.6. The average molecular weight is 425 g/mol. The van der Waals surface area contributed by atoms with Gasteiger partial charge in [0.1, 0.15) is 12.6 Å². The van der Waals surface area contributed by atoms with Gasteiger partial charge in [0.05, 0.1) is 29.3 Å². The summed E-state index contributed by atoms with van der Waals surface area (Å²) in [6.07, 6.45) is 0. The van der Waals surface area contributed by atoms with Crippen molar-refractivity contribution in [3.63, 3.8) is 0 Å². The molecule has 158 valence electrons. The topological polar surface area (TPSA) is 140 Å². The van der Waals surface area contributed by atoms with E-state index in [9.17, 15) is 22.8 Å². The molecular formula is C18H23N3O7S. The summed E-state index contributed by atoms with van der Waals surface area (Å²) in [5, 5.41) is 4.82. The Kier molecular flexibility index (Phi) is 7.35. The van der Waals surface area contributed by atoms with E-state index in [1.807, 2.05) is 6.92 Å². The fraction of sp³-hybridized carbons (Fsp3) is 0.389. The zero-order valence-corrected chi connectivity index (χ0v) is 17.1. The number of sulfonamides is 1. The number of urea groups is 1. The number of nitrogens with one attached hydrogen (secondary N) is 3. The molecule has 2 amide bonds. The highest BCUT2D eigenvalue weighted by molar-refractivity contribution is 7.89. The molecule has 1 aromatic carbocycles. The Balaban J connectivity index is 2.03. The molecule has 0 bridgehead atoms. The summed E-state index contributed by atoms with van der Waals surface area (Å²) in [6, 6.07) is 4.39. The minimum Gasteiger partial charge on any atom is -0.463 e. The second kappa shape index (κ2) is 9.52. The fourth-order valence-electron chi connectivity index (χ4n) is 2.40. The molecule has 0 fully saturated rings. The van der Waals surface area contributed by atoms with Crippen LogP contribution in [0.3, 0.4) is 0 Å². The molecule has 1 heterocycles. The molecule has 11 heteroatoms. The van der Waals surface area contributed by atoms with E-state index in [0.29, 0.717) is 0 Å². The van der Waals surface area contributed by atoms with Crippen LogP contribution in [0, 0.1) is 6.92 Å². The van der Waals surface area contributed by atoms with Crippen molar-refractivity contribution in [2.24, 2.45) is 0 Å². The van der Waals surface area contributed by atoms with Crippen molar-refractivity contribution in [3.8, 4) is 0 Å². The van der Waals surface area contributed by atoms with E-state index < -0.39 is 40.6 Å². The van der Waals surface area contributed by atoms with E-state index in [4.69, 9.17) is 9.47 Å². The molecular weight excluding hydrogens is 402 g/mol. The van der Waals surface area contributed by atoms with Gasteiger partial charge in [0.15, 0.2) is 0 Å². The maximum atomic E-state index is 12.4. The van der Waals surface area contributed by atoms with E-state index in [-0.39, 0.29) is 29.3 Å². The van der Waals surface area contributed by atoms with Crippen LogP contribution in [0.2, 0.25) is 0 Å². The van der Waals surface area contributed by atoms with Gasteiger partial charge in [0.25, 0.3) is 0 Å². The van der Waals surface area contributed by atoms with E-state index >= 15 is 0 Å². The first-order valence-electron chi connectivity index (χ1n) is 8.83. The highest BCUT2D eigenvalue weighted by atomic mass is 32.2. The van der Waals surface area contributed by atoms with Gasteiger partial charge in [0.2, 0.25) is 10.0 Å². The summed E-state index contributed by atoms with van der Waals surface area (Å²) >= 11 is 0. The van der Waals surface area contributed by atoms with Gasteiger partial charge < -0.3 is 20.1 Å². The van der Waals surface area contributed by atoms with Crippen molar-refractivity contribution in [1.82, 2.24) is 15.4 Å². The van der Waals surface area contributed by atoms with E-state index in [2.05, 4.69) is 15.4 Å². The van der Waals surface area contributed by atoms with Crippen molar-refractivity contribution in [1.29, 1.82) is 0 Å². The Hall–Kier alpha value is -2.92. The molecule has 1 aliphatic rings. The summed E-state index contributed by atoms with van der Waals surface area (Å²) in [4.78, 5) is 35.7. The Morgan fingerprint density at radius 3 is 2.48 bits per heavy atom. The molecule has 10 nitrogen and oxygen atoms in total. The van der Waals surface area contributed by atoms with Gasteiger partial charge in [-0.05, 0) is 32.9 Å². The third-order valence-electron chi connectivity index (χ3n) is 3.95. The SMILES string of the molecule is CCOC(=O)C1=C(COC(=O)[C@@H](C)NS(=O)(=O)c2ccc(C)cc2)NC(=O)NC1. The molecule has 0 aliphatic carbocycles. The first kappa shape index (κ1) is 22.4. The standard InChI is InChI=1S/C18H23N3O7S/c1-4-27-17(23)14-9-19-18(24)20-15(14)10-28-16(22)12(3)21-29(25,26)13-7-5-11(2)6-8-13/h5-8,12,21H,4,9-10H2,1-3H3,(H2,19,20,24)/t12-/m1/s1. The van der Waals surface area contributed by atoms with Crippen LogP contribution in [0.15, 0.2) is 40.4 Å². The Bertz CT molecular complexity index is 923. The van der Waals surface area contributed by atoms with Gasteiger partial charge in [-0.1, -0.05) is 17.7 Å². The molecule has 0 saturated heterocycles. The third-order valence-corrected chi connectivity index (χ3v) is 5.51. The van der Waals surface area contributed by atoms with Crippen LogP contribution in [0.4, 0.5) is 4.79 Å². The summed E-state index contributed by atoms with van der Waals surface area (Å²) in [5.74, 6) is -1.52. The number of hydrogen-bond donors (Lipinski definition) is 3. The lowest BCUT2D eigenvalue weighted by molar-refractivity contribution is -0.145. The van der Waals surface area contributed by atoms with Gasteiger partial charge in [-0.15, -0.1) is 0 Å². The van der Waals surface area contributed by atoms with E-state index in [1.54, 1.807) is 19.1 Å². The summed E-state index contributed by atoms with van der Waals surface area (Å²) in [7, 11) is -3.92. The van der Waals surface area contributed by atoms with Crippen molar-refractivity contribution in [2.45, 2.75) is 31.7 Å². The average Bonchev–Trinajstić information content (AvgIpc) is 2.66. The van der Waals surface area contributed by atoms with Crippen LogP contribution in [0.1, 0.15) is 19.4 Å². The van der Waals surface area contributed by atoms with Crippen molar-refractivity contribution in [2.75, 3.05) is 19.8 Å². The number of esters is 2. The van der Waals surface area contributed by atoms with Gasteiger partial charge >= 0.3 is 18.0 Å². The van der Waals surface area contributed by atoms with Crippen LogP contribution in [0.25, 0.3) is 0 Å².